The van der Waals surface area contributed by atoms with Crippen molar-refractivity contribution in [1.29, 1.82) is 0 Å². The van der Waals surface area contributed by atoms with Crippen LogP contribution in [0.15, 0.2) is 0 Å². The molecular weight excluding hydrogens is 249 g/mol. The van der Waals surface area contributed by atoms with Gasteiger partial charge in [0.15, 0.2) is 0 Å². The van der Waals surface area contributed by atoms with Crippen molar-refractivity contribution in [3.05, 3.63) is 0 Å². The molecule has 0 aliphatic heterocycles. The summed E-state index contributed by atoms with van der Waals surface area (Å²) in [5.74, 6) is 0. The quantitative estimate of drug-likeness (QED) is 0.646. The third-order valence-electron chi connectivity index (χ3n) is 2.55. The first-order chi connectivity index (χ1) is 8.40. The van der Waals surface area contributed by atoms with Gasteiger partial charge in [-0.15, -0.1) is 0 Å². The molecular formula is C11H23F3N2O2. The standard InChI is InChI=1S/C11H23F3N2O2/c1-10(8-15-9-11(12,13)14)16(4-6-17-2)5-7-18-3/h10,15H,4-9H2,1-3H3. The van der Waals surface area contributed by atoms with Crippen molar-refractivity contribution in [3.63, 3.8) is 0 Å². The first-order valence-electron chi connectivity index (χ1n) is 5.90. The summed E-state index contributed by atoms with van der Waals surface area (Å²) in [6, 6.07) is -0.00218. The Hall–Kier alpha value is -0.370. The Balaban J connectivity index is 3.98. The highest BCUT2D eigenvalue weighted by atomic mass is 19.4. The van der Waals surface area contributed by atoms with Crippen LogP contribution >= 0.6 is 0 Å². The molecule has 1 atom stereocenters. The summed E-state index contributed by atoms with van der Waals surface area (Å²) in [6.45, 7) is 3.66. The smallest absolute Gasteiger partial charge is 0.383 e. The lowest BCUT2D eigenvalue weighted by molar-refractivity contribution is -0.125. The normalized spacial score (nSPS) is 14.2. The molecule has 0 aromatic carbocycles. The number of rotatable bonds is 10. The van der Waals surface area contributed by atoms with E-state index in [1.54, 1.807) is 14.2 Å². The van der Waals surface area contributed by atoms with Crippen LogP contribution in [0.25, 0.3) is 0 Å². The van der Waals surface area contributed by atoms with Gasteiger partial charge in [-0.25, -0.2) is 0 Å². The van der Waals surface area contributed by atoms with E-state index in [0.717, 1.165) is 0 Å². The SMILES string of the molecule is COCCN(CCOC)C(C)CNCC(F)(F)F. The van der Waals surface area contributed by atoms with Crippen LogP contribution in [-0.2, 0) is 9.47 Å². The molecule has 0 bridgehead atoms. The van der Waals surface area contributed by atoms with Gasteiger partial charge in [0, 0.05) is 39.9 Å². The fourth-order valence-corrected chi connectivity index (χ4v) is 1.52. The van der Waals surface area contributed by atoms with Gasteiger partial charge in [-0.3, -0.25) is 4.90 Å². The van der Waals surface area contributed by atoms with Crippen LogP contribution in [0.2, 0.25) is 0 Å². The zero-order valence-electron chi connectivity index (χ0n) is 11.2. The maximum absolute atomic E-state index is 12.0. The van der Waals surface area contributed by atoms with E-state index < -0.39 is 12.7 Å². The molecule has 0 saturated heterocycles. The van der Waals surface area contributed by atoms with Crippen molar-refractivity contribution in [3.8, 4) is 0 Å². The highest BCUT2D eigenvalue weighted by Gasteiger charge is 2.26. The predicted octanol–water partition coefficient (Wildman–Crippen LogP) is 1.12. The molecule has 18 heavy (non-hydrogen) atoms. The van der Waals surface area contributed by atoms with Crippen LogP contribution in [0.1, 0.15) is 6.92 Å². The number of methoxy groups -OCH3 is 2. The van der Waals surface area contributed by atoms with E-state index in [-0.39, 0.29) is 12.6 Å². The van der Waals surface area contributed by atoms with Gasteiger partial charge in [0.1, 0.15) is 0 Å². The first kappa shape index (κ1) is 17.6. The Kier molecular flexibility index (Phi) is 9.35. The van der Waals surface area contributed by atoms with Gasteiger partial charge in [0.05, 0.1) is 19.8 Å². The van der Waals surface area contributed by atoms with Crippen molar-refractivity contribution in [2.24, 2.45) is 0 Å². The second-order valence-corrected chi connectivity index (χ2v) is 4.12. The lowest BCUT2D eigenvalue weighted by Gasteiger charge is -2.29. The van der Waals surface area contributed by atoms with Crippen LogP contribution < -0.4 is 5.32 Å². The number of hydrogen-bond acceptors (Lipinski definition) is 4. The Morgan fingerprint density at radius 2 is 1.61 bits per heavy atom. The minimum absolute atomic E-state index is 0.00218. The molecule has 0 radical (unpaired) electrons. The van der Waals surface area contributed by atoms with Crippen molar-refractivity contribution in [2.75, 3.05) is 53.6 Å². The van der Waals surface area contributed by atoms with Crippen LogP contribution in [0.5, 0.6) is 0 Å². The van der Waals surface area contributed by atoms with E-state index in [1.807, 2.05) is 11.8 Å². The van der Waals surface area contributed by atoms with Crippen molar-refractivity contribution >= 4 is 0 Å². The summed E-state index contributed by atoms with van der Waals surface area (Å²) in [7, 11) is 3.20. The Labute approximate surface area is 106 Å². The fraction of sp³-hybridized carbons (Fsp3) is 1.00. The van der Waals surface area contributed by atoms with Gasteiger partial charge in [-0.05, 0) is 6.92 Å². The maximum Gasteiger partial charge on any atom is 0.401 e. The highest BCUT2D eigenvalue weighted by Crippen LogP contribution is 2.12. The number of hydrogen-bond donors (Lipinski definition) is 1. The third kappa shape index (κ3) is 9.64. The molecule has 4 nitrogen and oxygen atoms in total. The molecule has 1 N–H and O–H groups in total. The molecule has 0 spiro atoms. The summed E-state index contributed by atoms with van der Waals surface area (Å²) < 4.78 is 45.9. The largest absolute Gasteiger partial charge is 0.401 e. The van der Waals surface area contributed by atoms with E-state index in [0.29, 0.717) is 26.3 Å². The summed E-state index contributed by atoms with van der Waals surface area (Å²) in [6.07, 6.45) is -4.16. The third-order valence-corrected chi connectivity index (χ3v) is 2.55. The second kappa shape index (κ2) is 9.55. The molecule has 0 aliphatic rings. The predicted molar refractivity (Wildman–Crippen MR) is 63.7 cm³/mol. The Bertz CT molecular complexity index is 195. The molecule has 0 aromatic heterocycles. The zero-order valence-corrected chi connectivity index (χ0v) is 11.2. The summed E-state index contributed by atoms with van der Waals surface area (Å²) in [4.78, 5) is 2.04. The first-order valence-corrected chi connectivity index (χ1v) is 5.90. The molecule has 1 unspecified atom stereocenters. The molecule has 0 saturated carbocycles. The maximum atomic E-state index is 12.0. The van der Waals surface area contributed by atoms with Gasteiger partial charge >= 0.3 is 6.18 Å². The zero-order chi connectivity index (χ0) is 14.0. The van der Waals surface area contributed by atoms with Crippen molar-refractivity contribution in [2.45, 2.75) is 19.1 Å². The monoisotopic (exact) mass is 272 g/mol. The number of alkyl halides is 3. The molecule has 0 fully saturated rings. The molecule has 0 heterocycles. The molecule has 0 aliphatic carbocycles. The van der Waals surface area contributed by atoms with E-state index in [4.69, 9.17) is 9.47 Å². The summed E-state index contributed by atoms with van der Waals surface area (Å²) >= 11 is 0. The van der Waals surface area contributed by atoms with Crippen molar-refractivity contribution < 1.29 is 22.6 Å². The van der Waals surface area contributed by atoms with Crippen LogP contribution in [0, 0.1) is 0 Å². The average molecular weight is 272 g/mol. The van der Waals surface area contributed by atoms with Crippen LogP contribution in [0.3, 0.4) is 0 Å². The molecule has 110 valence electrons. The van der Waals surface area contributed by atoms with Gasteiger partial charge < -0.3 is 14.8 Å². The van der Waals surface area contributed by atoms with Gasteiger partial charge in [0.25, 0.3) is 0 Å². The van der Waals surface area contributed by atoms with Gasteiger partial charge in [0.2, 0.25) is 0 Å². The van der Waals surface area contributed by atoms with Crippen LogP contribution in [0.4, 0.5) is 13.2 Å². The molecule has 0 rings (SSSR count). The number of ether oxygens (including phenoxy) is 2. The minimum atomic E-state index is -4.16. The van der Waals surface area contributed by atoms with E-state index >= 15 is 0 Å². The highest BCUT2D eigenvalue weighted by molar-refractivity contribution is 4.70. The van der Waals surface area contributed by atoms with Crippen LogP contribution in [-0.4, -0.2) is 70.7 Å². The molecule has 0 aromatic rings. The molecule has 7 heteroatoms. The second-order valence-electron chi connectivity index (χ2n) is 4.12. The van der Waals surface area contributed by atoms with Gasteiger partial charge in [-0.1, -0.05) is 0 Å². The van der Waals surface area contributed by atoms with E-state index in [2.05, 4.69) is 5.32 Å². The number of halogens is 3. The number of nitrogens with zero attached hydrogens (tertiary/aromatic N) is 1. The summed E-state index contributed by atoms with van der Waals surface area (Å²) in [5.41, 5.74) is 0. The van der Waals surface area contributed by atoms with E-state index in [9.17, 15) is 13.2 Å². The number of nitrogens with one attached hydrogen (secondary N) is 1. The topological polar surface area (TPSA) is 33.7 Å². The van der Waals surface area contributed by atoms with Gasteiger partial charge in [-0.2, -0.15) is 13.2 Å². The minimum Gasteiger partial charge on any atom is -0.383 e. The average Bonchev–Trinajstić information content (AvgIpc) is 2.27. The van der Waals surface area contributed by atoms with Crippen molar-refractivity contribution in [1.82, 2.24) is 10.2 Å². The lowest BCUT2D eigenvalue weighted by atomic mass is 10.2. The molecule has 0 amide bonds. The Morgan fingerprint density at radius 3 is 2.00 bits per heavy atom. The fourth-order valence-electron chi connectivity index (χ4n) is 1.52. The summed E-state index contributed by atoms with van der Waals surface area (Å²) in [5, 5.41) is 2.41. The lowest BCUT2D eigenvalue weighted by Crippen LogP contribution is -2.45. The Morgan fingerprint density at radius 1 is 1.11 bits per heavy atom. The van der Waals surface area contributed by atoms with E-state index in [1.165, 1.54) is 0 Å².